The van der Waals surface area contributed by atoms with Crippen LogP contribution >= 0.6 is 34.5 Å². The van der Waals surface area contributed by atoms with Crippen molar-refractivity contribution in [2.45, 2.75) is 46.4 Å². The summed E-state index contributed by atoms with van der Waals surface area (Å²) in [7, 11) is 0. The fourth-order valence-corrected chi connectivity index (χ4v) is 6.24. The van der Waals surface area contributed by atoms with Crippen molar-refractivity contribution in [3.05, 3.63) is 124 Å². The molecule has 1 aromatic heterocycles. The Kier molecular flexibility index (Phi) is 9.40. The minimum Gasteiger partial charge on any atom is -0.491 e. The van der Waals surface area contributed by atoms with Gasteiger partial charge in [0.2, 0.25) is 0 Å². The Balaban J connectivity index is 1.66. The van der Waals surface area contributed by atoms with Crippen molar-refractivity contribution in [2.75, 3.05) is 6.61 Å². The lowest BCUT2D eigenvalue weighted by Gasteiger charge is -2.26. The first-order valence-corrected chi connectivity index (χ1v) is 15.4. The molecule has 0 spiro atoms. The largest absolute Gasteiger partial charge is 0.491 e. The Labute approximate surface area is 263 Å². The van der Waals surface area contributed by atoms with Gasteiger partial charge in [0.25, 0.3) is 5.56 Å². The summed E-state index contributed by atoms with van der Waals surface area (Å²) in [4.78, 5) is 32.6. The van der Waals surface area contributed by atoms with Crippen LogP contribution in [0.4, 0.5) is 0 Å². The molecular formula is C33H30Cl2N2O5S. The van der Waals surface area contributed by atoms with Crippen molar-refractivity contribution in [2.24, 2.45) is 4.99 Å². The van der Waals surface area contributed by atoms with Gasteiger partial charge in [0.15, 0.2) is 4.80 Å². The Morgan fingerprint density at radius 1 is 1.07 bits per heavy atom. The summed E-state index contributed by atoms with van der Waals surface area (Å²) in [6.45, 7) is 7.75. The van der Waals surface area contributed by atoms with Crippen molar-refractivity contribution in [3.63, 3.8) is 0 Å². The molecule has 0 aliphatic carbocycles. The van der Waals surface area contributed by atoms with Gasteiger partial charge in [0.05, 0.1) is 28.5 Å². The van der Waals surface area contributed by atoms with Gasteiger partial charge >= 0.3 is 5.97 Å². The summed E-state index contributed by atoms with van der Waals surface area (Å²) < 4.78 is 19.6. The summed E-state index contributed by atoms with van der Waals surface area (Å²) in [5.74, 6) is 0.567. The van der Waals surface area contributed by atoms with Crippen LogP contribution in [-0.4, -0.2) is 23.2 Å². The third kappa shape index (κ3) is 6.56. The van der Waals surface area contributed by atoms with Crippen LogP contribution in [0.2, 0.25) is 10.0 Å². The lowest BCUT2D eigenvalue weighted by molar-refractivity contribution is -0.139. The SMILES string of the molecule is CCOC(=O)C1=C(C)N=c2s/c(=C\c3cc(Cl)ccc3OCc3ccccc3Cl)c(=O)n2[C@@H]1c1ccccc1OC(C)C. The van der Waals surface area contributed by atoms with Gasteiger partial charge in [-0.05, 0) is 64.1 Å². The Morgan fingerprint density at radius 2 is 1.81 bits per heavy atom. The molecule has 222 valence electrons. The number of benzene rings is 3. The van der Waals surface area contributed by atoms with Crippen molar-refractivity contribution in [1.82, 2.24) is 4.57 Å². The van der Waals surface area contributed by atoms with Gasteiger partial charge in [0.1, 0.15) is 24.1 Å². The zero-order valence-corrected chi connectivity index (χ0v) is 26.4. The maximum absolute atomic E-state index is 14.2. The maximum Gasteiger partial charge on any atom is 0.338 e. The molecule has 0 N–H and O–H groups in total. The molecule has 0 saturated heterocycles. The number of rotatable bonds is 9. The minimum absolute atomic E-state index is 0.125. The van der Waals surface area contributed by atoms with Gasteiger partial charge in [-0.25, -0.2) is 9.79 Å². The Bertz CT molecular complexity index is 1890. The fraction of sp³-hybridized carbons (Fsp3) is 0.242. The van der Waals surface area contributed by atoms with Crippen LogP contribution in [0.5, 0.6) is 11.5 Å². The number of thiazole rings is 1. The minimum atomic E-state index is -0.803. The van der Waals surface area contributed by atoms with E-state index in [0.29, 0.717) is 47.7 Å². The van der Waals surface area contributed by atoms with Crippen LogP contribution in [0.3, 0.4) is 0 Å². The van der Waals surface area contributed by atoms with Crippen molar-refractivity contribution in [3.8, 4) is 11.5 Å². The van der Waals surface area contributed by atoms with E-state index >= 15 is 0 Å². The normalized spacial score (nSPS) is 14.9. The van der Waals surface area contributed by atoms with Gasteiger partial charge in [-0.2, -0.15) is 0 Å². The zero-order chi connectivity index (χ0) is 30.7. The first-order chi connectivity index (χ1) is 20.7. The number of carbonyl (C=O) groups excluding carboxylic acids is 1. The molecule has 43 heavy (non-hydrogen) atoms. The first kappa shape index (κ1) is 30.6. The van der Waals surface area contributed by atoms with Crippen molar-refractivity contribution in [1.29, 1.82) is 0 Å². The summed E-state index contributed by atoms with van der Waals surface area (Å²) in [6, 6.07) is 19.2. The average molecular weight is 638 g/mol. The number of fused-ring (bicyclic) bond motifs is 1. The average Bonchev–Trinajstić information content (AvgIpc) is 3.26. The highest BCUT2D eigenvalue weighted by atomic mass is 35.5. The van der Waals surface area contributed by atoms with Crippen LogP contribution in [0.1, 0.15) is 50.4 Å². The van der Waals surface area contributed by atoms with E-state index in [0.717, 1.165) is 5.56 Å². The smallest absolute Gasteiger partial charge is 0.338 e. The third-order valence-electron chi connectivity index (χ3n) is 6.69. The number of aromatic nitrogens is 1. The van der Waals surface area contributed by atoms with Gasteiger partial charge in [0, 0.05) is 26.7 Å². The summed E-state index contributed by atoms with van der Waals surface area (Å²) in [5.41, 5.74) is 2.54. The van der Waals surface area contributed by atoms with Crippen LogP contribution in [-0.2, 0) is 16.1 Å². The van der Waals surface area contributed by atoms with Crippen molar-refractivity contribution >= 4 is 46.6 Å². The monoisotopic (exact) mass is 636 g/mol. The highest BCUT2D eigenvalue weighted by Gasteiger charge is 2.35. The second-order valence-corrected chi connectivity index (χ2v) is 11.9. The van der Waals surface area contributed by atoms with E-state index in [9.17, 15) is 9.59 Å². The maximum atomic E-state index is 14.2. The van der Waals surface area contributed by atoms with E-state index in [1.165, 1.54) is 15.9 Å². The van der Waals surface area contributed by atoms with E-state index in [2.05, 4.69) is 4.99 Å². The molecule has 10 heteroatoms. The number of nitrogens with zero attached hydrogens (tertiary/aromatic N) is 2. The molecule has 0 saturated carbocycles. The second-order valence-electron chi connectivity index (χ2n) is 10.1. The van der Waals surface area contributed by atoms with E-state index in [-0.39, 0.29) is 30.5 Å². The number of esters is 1. The van der Waals surface area contributed by atoms with E-state index < -0.39 is 12.0 Å². The predicted molar refractivity (Wildman–Crippen MR) is 170 cm³/mol. The predicted octanol–water partition coefficient (Wildman–Crippen LogP) is 6.47. The van der Waals surface area contributed by atoms with E-state index in [4.69, 9.17) is 37.4 Å². The number of carbonyl (C=O) groups is 1. The third-order valence-corrected chi connectivity index (χ3v) is 8.28. The molecule has 2 heterocycles. The van der Waals surface area contributed by atoms with Gasteiger partial charge in [-0.1, -0.05) is 70.9 Å². The standard InChI is InChI=1S/C33H30Cl2N2O5S/c1-5-40-32(39)29-20(4)36-33-37(30(29)24-11-7-9-13-27(24)42-19(2)3)31(38)28(43-33)17-22-16-23(34)14-15-26(22)41-18-21-10-6-8-12-25(21)35/h6-17,19,30H,5,18H2,1-4H3/b28-17-/t30-/m1/s1. The second kappa shape index (κ2) is 13.2. The molecule has 1 atom stereocenters. The molecule has 0 amide bonds. The highest BCUT2D eigenvalue weighted by Crippen LogP contribution is 2.36. The Hall–Kier alpha value is -3.85. The molecule has 0 bridgehead atoms. The van der Waals surface area contributed by atoms with Crippen LogP contribution in [0, 0.1) is 0 Å². The molecule has 3 aromatic carbocycles. The topological polar surface area (TPSA) is 79.1 Å². The summed E-state index contributed by atoms with van der Waals surface area (Å²) >= 11 is 13.9. The first-order valence-electron chi connectivity index (χ1n) is 13.8. The zero-order valence-electron chi connectivity index (χ0n) is 24.1. The molecule has 0 fully saturated rings. The number of para-hydroxylation sites is 1. The molecule has 0 radical (unpaired) electrons. The molecule has 5 rings (SSSR count). The number of hydrogen-bond donors (Lipinski definition) is 0. The van der Waals surface area contributed by atoms with Crippen molar-refractivity contribution < 1.29 is 19.0 Å². The number of allylic oxidation sites excluding steroid dienone is 1. The molecule has 1 aliphatic rings. The lowest BCUT2D eigenvalue weighted by Crippen LogP contribution is -2.40. The quantitative estimate of drug-likeness (QED) is 0.197. The fourth-order valence-electron chi connectivity index (χ4n) is 4.83. The van der Waals surface area contributed by atoms with E-state index in [1.807, 2.05) is 56.3 Å². The van der Waals surface area contributed by atoms with E-state index in [1.54, 1.807) is 44.2 Å². The van der Waals surface area contributed by atoms with Gasteiger partial charge in [-0.15, -0.1) is 0 Å². The van der Waals surface area contributed by atoms with Gasteiger partial charge < -0.3 is 14.2 Å². The molecule has 1 aliphatic heterocycles. The molecule has 0 unspecified atom stereocenters. The summed E-state index contributed by atoms with van der Waals surface area (Å²) in [6.07, 6.45) is 1.61. The lowest BCUT2D eigenvalue weighted by atomic mass is 9.95. The number of hydrogen-bond acceptors (Lipinski definition) is 7. The van der Waals surface area contributed by atoms with Crippen LogP contribution < -0.4 is 24.4 Å². The number of halogens is 2. The Morgan fingerprint density at radius 3 is 2.56 bits per heavy atom. The molecule has 4 aromatic rings. The van der Waals surface area contributed by atoms with Gasteiger partial charge in [-0.3, -0.25) is 9.36 Å². The number of ether oxygens (including phenoxy) is 3. The molecular weight excluding hydrogens is 607 g/mol. The highest BCUT2D eigenvalue weighted by molar-refractivity contribution is 7.07. The molecule has 7 nitrogen and oxygen atoms in total. The van der Waals surface area contributed by atoms with Crippen LogP contribution in [0.25, 0.3) is 6.08 Å². The summed E-state index contributed by atoms with van der Waals surface area (Å²) in [5, 5.41) is 1.09. The van der Waals surface area contributed by atoms with Crippen LogP contribution in [0.15, 0.2) is 87.8 Å².